The summed E-state index contributed by atoms with van der Waals surface area (Å²) in [6.07, 6.45) is 2.84. The highest BCUT2D eigenvalue weighted by Gasteiger charge is 2.23. The van der Waals surface area contributed by atoms with Crippen molar-refractivity contribution in [2.45, 2.75) is 19.3 Å². The molecular formula is C15H20Cl2N2O4S. The van der Waals surface area contributed by atoms with Crippen LogP contribution in [0.5, 0.6) is 5.75 Å². The Morgan fingerprint density at radius 3 is 2.58 bits per heavy atom. The van der Waals surface area contributed by atoms with Gasteiger partial charge in [-0.3, -0.25) is 4.79 Å². The number of ether oxygens (including phenoxy) is 1. The summed E-state index contributed by atoms with van der Waals surface area (Å²) in [7, 11) is -3.32. The second-order valence-corrected chi connectivity index (χ2v) is 8.42. The van der Waals surface area contributed by atoms with Crippen LogP contribution in [0.2, 0.25) is 10.0 Å². The minimum atomic E-state index is -3.32. The summed E-state index contributed by atoms with van der Waals surface area (Å²) < 4.78 is 31.1. The second-order valence-electron chi connectivity index (χ2n) is 5.49. The van der Waals surface area contributed by atoms with Gasteiger partial charge in [0, 0.05) is 24.7 Å². The van der Waals surface area contributed by atoms with Crippen LogP contribution in [0.3, 0.4) is 0 Å². The number of nitrogens with zero attached hydrogens (tertiary/aromatic N) is 1. The second kappa shape index (κ2) is 8.89. The molecule has 1 fully saturated rings. The van der Waals surface area contributed by atoms with E-state index in [1.807, 2.05) is 0 Å². The van der Waals surface area contributed by atoms with E-state index in [4.69, 9.17) is 27.9 Å². The van der Waals surface area contributed by atoms with E-state index >= 15 is 0 Å². The van der Waals surface area contributed by atoms with Crippen molar-refractivity contribution >= 4 is 39.1 Å². The van der Waals surface area contributed by atoms with Gasteiger partial charge in [0.25, 0.3) is 5.91 Å². The first-order valence-corrected chi connectivity index (χ1v) is 10.1. The Bertz CT molecular complexity index is 676. The normalized spacial score (nSPS) is 15.9. The van der Waals surface area contributed by atoms with Crippen LogP contribution >= 0.6 is 23.2 Å². The molecule has 0 bridgehead atoms. The number of hydrogen-bond donors (Lipinski definition) is 1. The van der Waals surface area contributed by atoms with Gasteiger partial charge in [-0.2, -0.15) is 0 Å². The Morgan fingerprint density at radius 1 is 1.21 bits per heavy atom. The van der Waals surface area contributed by atoms with Gasteiger partial charge in [-0.25, -0.2) is 12.7 Å². The summed E-state index contributed by atoms with van der Waals surface area (Å²) in [6.45, 7) is 0.934. The van der Waals surface area contributed by atoms with Crippen LogP contribution in [0.1, 0.15) is 19.3 Å². The molecule has 1 aliphatic rings. The molecule has 1 heterocycles. The molecule has 0 aromatic heterocycles. The molecule has 0 radical (unpaired) electrons. The van der Waals surface area contributed by atoms with Crippen molar-refractivity contribution in [3.05, 3.63) is 28.2 Å². The Kier molecular flexibility index (Phi) is 7.16. The first-order valence-electron chi connectivity index (χ1n) is 7.71. The van der Waals surface area contributed by atoms with Gasteiger partial charge < -0.3 is 10.1 Å². The Balaban J connectivity index is 1.73. The average molecular weight is 395 g/mol. The molecule has 1 saturated heterocycles. The lowest BCUT2D eigenvalue weighted by molar-refractivity contribution is -0.122. The summed E-state index contributed by atoms with van der Waals surface area (Å²) in [4.78, 5) is 11.7. The molecule has 0 atom stereocenters. The van der Waals surface area contributed by atoms with Gasteiger partial charge in [0.05, 0.1) is 10.8 Å². The highest BCUT2D eigenvalue weighted by atomic mass is 35.5. The standard InChI is InChI=1S/C15H20Cl2N2O4S/c16-12-4-5-14(13(17)10-12)23-11-15(20)18-6-9-24(21,22)19-7-2-1-3-8-19/h4-5,10H,1-3,6-9,11H2,(H,18,20). The molecule has 1 aromatic carbocycles. The number of sulfonamides is 1. The lowest BCUT2D eigenvalue weighted by atomic mass is 10.2. The Hall–Kier alpha value is -1.02. The van der Waals surface area contributed by atoms with Gasteiger partial charge >= 0.3 is 0 Å². The molecule has 2 rings (SSSR count). The van der Waals surface area contributed by atoms with Gasteiger partial charge in [0.2, 0.25) is 10.0 Å². The molecule has 134 valence electrons. The molecule has 0 saturated carbocycles. The van der Waals surface area contributed by atoms with Crippen LogP contribution in [0.4, 0.5) is 0 Å². The van der Waals surface area contributed by atoms with E-state index in [-0.39, 0.29) is 18.9 Å². The van der Waals surface area contributed by atoms with Gasteiger partial charge in [-0.1, -0.05) is 29.6 Å². The molecule has 9 heteroatoms. The fraction of sp³-hybridized carbons (Fsp3) is 0.533. The van der Waals surface area contributed by atoms with Gasteiger partial charge in [-0.05, 0) is 31.0 Å². The van der Waals surface area contributed by atoms with Crippen molar-refractivity contribution in [1.29, 1.82) is 0 Å². The summed E-state index contributed by atoms with van der Waals surface area (Å²) >= 11 is 11.7. The van der Waals surface area contributed by atoms with Crippen LogP contribution in [0.15, 0.2) is 18.2 Å². The fourth-order valence-corrected chi connectivity index (χ4v) is 4.27. The van der Waals surface area contributed by atoms with Crippen LogP contribution in [0.25, 0.3) is 0 Å². The molecule has 1 aliphatic heterocycles. The third-order valence-electron chi connectivity index (χ3n) is 3.64. The molecule has 0 unspecified atom stereocenters. The third-order valence-corrected chi connectivity index (χ3v) is 6.05. The van der Waals surface area contributed by atoms with Crippen molar-refractivity contribution in [3.63, 3.8) is 0 Å². The molecule has 0 aliphatic carbocycles. The quantitative estimate of drug-likeness (QED) is 0.769. The zero-order valence-electron chi connectivity index (χ0n) is 13.1. The predicted octanol–water partition coefficient (Wildman–Crippen LogP) is 2.30. The summed E-state index contributed by atoms with van der Waals surface area (Å²) in [5, 5.41) is 3.32. The summed E-state index contributed by atoms with van der Waals surface area (Å²) in [5.41, 5.74) is 0. The average Bonchev–Trinajstić information content (AvgIpc) is 2.55. The highest BCUT2D eigenvalue weighted by Crippen LogP contribution is 2.27. The maximum Gasteiger partial charge on any atom is 0.257 e. The molecule has 1 N–H and O–H groups in total. The van der Waals surface area contributed by atoms with Crippen LogP contribution in [0, 0.1) is 0 Å². The molecule has 6 nitrogen and oxygen atoms in total. The number of amides is 1. The smallest absolute Gasteiger partial charge is 0.257 e. The van der Waals surface area contributed by atoms with E-state index in [0.717, 1.165) is 19.3 Å². The first kappa shape index (κ1) is 19.3. The van der Waals surface area contributed by atoms with Crippen molar-refractivity contribution < 1.29 is 17.9 Å². The largest absolute Gasteiger partial charge is 0.482 e. The lowest BCUT2D eigenvalue weighted by Crippen LogP contribution is -2.41. The number of benzene rings is 1. The number of rotatable bonds is 7. The topological polar surface area (TPSA) is 75.7 Å². The highest BCUT2D eigenvalue weighted by molar-refractivity contribution is 7.89. The van der Waals surface area contributed by atoms with E-state index in [0.29, 0.717) is 28.9 Å². The molecule has 1 amide bonds. The summed E-state index contributed by atoms with van der Waals surface area (Å²) in [6, 6.07) is 4.69. The fourth-order valence-electron chi connectivity index (χ4n) is 2.38. The van der Waals surface area contributed by atoms with Crippen molar-refractivity contribution in [2.75, 3.05) is 32.0 Å². The number of carbonyl (C=O) groups is 1. The molecule has 1 aromatic rings. The van der Waals surface area contributed by atoms with Crippen LogP contribution in [-0.2, 0) is 14.8 Å². The Labute approximate surface area is 152 Å². The number of carbonyl (C=O) groups excluding carboxylic acids is 1. The zero-order chi connectivity index (χ0) is 17.6. The SMILES string of the molecule is O=C(COc1ccc(Cl)cc1Cl)NCCS(=O)(=O)N1CCCCC1. The first-order chi connectivity index (χ1) is 11.4. The van der Waals surface area contributed by atoms with Crippen molar-refractivity contribution in [2.24, 2.45) is 0 Å². The maximum atomic E-state index is 12.1. The minimum absolute atomic E-state index is 0.0510. The van der Waals surface area contributed by atoms with E-state index in [9.17, 15) is 13.2 Å². The Morgan fingerprint density at radius 2 is 1.92 bits per heavy atom. The molecule has 24 heavy (non-hydrogen) atoms. The number of piperidine rings is 1. The number of nitrogens with one attached hydrogen (secondary N) is 1. The van der Waals surface area contributed by atoms with E-state index in [2.05, 4.69) is 5.32 Å². The van der Waals surface area contributed by atoms with Crippen molar-refractivity contribution in [1.82, 2.24) is 9.62 Å². The minimum Gasteiger partial charge on any atom is -0.482 e. The van der Waals surface area contributed by atoms with E-state index < -0.39 is 15.9 Å². The van der Waals surface area contributed by atoms with Gasteiger partial charge in [0.1, 0.15) is 5.75 Å². The zero-order valence-corrected chi connectivity index (χ0v) is 15.5. The van der Waals surface area contributed by atoms with Crippen LogP contribution in [-0.4, -0.2) is 50.6 Å². The maximum absolute atomic E-state index is 12.1. The van der Waals surface area contributed by atoms with Crippen molar-refractivity contribution in [3.8, 4) is 5.75 Å². The number of hydrogen-bond acceptors (Lipinski definition) is 4. The van der Waals surface area contributed by atoms with Crippen LogP contribution < -0.4 is 10.1 Å². The number of halogens is 2. The van der Waals surface area contributed by atoms with E-state index in [1.165, 1.54) is 10.4 Å². The van der Waals surface area contributed by atoms with E-state index in [1.54, 1.807) is 12.1 Å². The summed E-state index contributed by atoms with van der Waals surface area (Å²) in [5.74, 6) is -0.174. The van der Waals surface area contributed by atoms with Gasteiger partial charge in [-0.15, -0.1) is 0 Å². The molecule has 0 spiro atoms. The lowest BCUT2D eigenvalue weighted by Gasteiger charge is -2.25. The monoisotopic (exact) mass is 394 g/mol. The third kappa shape index (κ3) is 5.81. The molecular weight excluding hydrogens is 375 g/mol. The predicted molar refractivity (Wildman–Crippen MR) is 94.2 cm³/mol. The van der Waals surface area contributed by atoms with Gasteiger partial charge in [0.15, 0.2) is 6.61 Å².